The van der Waals surface area contributed by atoms with Crippen LogP contribution in [0.25, 0.3) is 10.9 Å². The molecule has 20 heavy (non-hydrogen) atoms. The van der Waals surface area contributed by atoms with Gasteiger partial charge in [-0.05, 0) is 37.9 Å². The first kappa shape index (κ1) is 13.2. The third-order valence-electron chi connectivity index (χ3n) is 3.90. The van der Waals surface area contributed by atoms with Crippen LogP contribution in [-0.4, -0.2) is 29.9 Å². The lowest BCUT2D eigenvalue weighted by Gasteiger charge is -2.23. The average molecular weight is 272 g/mol. The molecule has 106 valence electrons. The lowest BCUT2D eigenvalue weighted by Crippen LogP contribution is -2.35. The van der Waals surface area contributed by atoms with Gasteiger partial charge in [-0.1, -0.05) is 24.6 Å². The standard InChI is InChI=1S/C16H20N2O2/c19-16(20-12-9-14-6-3-4-10-17-14)18-11-8-13-5-1-2-7-15(13)18/h1-2,5,7-8,11,14,17H,3-4,6,9-10,12H2. The molecule has 1 aliphatic heterocycles. The maximum absolute atomic E-state index is 12.1. The largest absolute Gasteiger partial charge is 0.449 e. The SMILES string of the molecule is O=C(OCCC1CCCCN1)n1ccc2ccccc21. The second-order valence-electron chi connectivity index (χ2n) is 5.29. The van der Waals surface area contributed by atoms with Crippen LogP contribution in [0.3, 0.4) is 0 Å². The minimum absolute atomic E-state index is 0.290. The number of hydrogen-bond acceptors (Lipinski definition) is 3. The van der Waals surface area contributed by atoms with Gasteiger partial charge in [-0.2, -0.15) is 0 Å². The second kappa shape index (κ2) is 6.09. The maximum Gasteiger partial charge on any atom is 0.418 e. The summed E-state index contributed by atoms with van der Waals surface area (Å²) in [7, 11) is 0. The number of carbonyl (C=O) groups is 1. The van der Waals surface area contributed by atoms with E-state index >= 15 is 0 Å². The molecule has 0 spiro atoms. The van der Waals surface area contributed by atoms with Crippen LogP contribution in [-0.2, 0) is 4.74 Å². The van der Waals surface area contributed by atoms with Crippen LogP contribution in [0.4, 0.5) is 4.79 Å². The van der Waals surface area contributed by atoms with E-state index in [2.05, 4.69) is 5.32 Å². The zero-order chi connectivity index (χ0) is 13.8. The van der Waals surface area contributed by atoms with E-state index in [4.69, 9.17) is 4.74 Å². The van der Waals surface area contributed by atoms with Crippen LogP contribution < -0.4 is 5.32 Å². The molecule has 4 nitrogen and oxygen atoms in total. The van der Waals surface area contributed by atoms with E-state index in [1.807, 2.05) is 30.3 Å². The van der Waals surface area contributed by atoms with Crippen LogP contribution in [0, 0.1) is 0 Å². The maximum atomic E-state index is 12.1. The number of carbonyl (C=O) groups excluding carboxylic acids is 1. The number of aromatic nitrogens is 1. The Morgan fingerprint density at radius 3 is 3.05 bits per heavy atom. The van der Waals surface area contributed by atoms with Crippen molar-refractivity contribution in [3.05, 3.63) is 36.5 Å². The summed E-state index contributed by atoms with van der Waals surface area (Å²) in [5, 5.41) is 4.51. The number of ether oxygens (including phenoxy) is 1. The molecule has 1 N–H and O–H groups in total. The fourth-order valence-electron chi connectivity index (χ4n) is 2.77. The zero-order valence-electron chi connectivity index (χ0n) is 11.5. The molecule has 1 aliphatic rings. The molecule has 1 aromatic heterocycles. The van der Waals surface area contributed by atoms with E-state index in [-0.39, 0.29) is 6.09 Å². The highest BCUT2D eigenvalue weighted by molar-refractivity contribution is 5.89. The molecule has 0 aliphatic carbocycles. The summed E-state index contributed by atoms with van der Waals surface area (Å²) < 4.78 is 6.95. The molecular weight excluding hydrogens is 252 g/mol. The van der Waals surface area contributed by atoms with Crippen LogP contribution in [0.2, 0.25) is 0 Å². The molecule has 1 fully saturated rings. The van der Waals surface area contributed by atoms with Crippen molar-refractivity contribution in [1.29, 1.82) is 0 Å². The number of hydrogen-bond donors (Lipinski definition) is 1. The van der Waals surface area contributed by atoms with Crippen molar-refractivity contribution in [3.63, 3.8) is 0 Å². The highest BCUT2D eigenvalue weighted by Crippen LogP contribution is 2.15. The molecule has 0 radical (unpaired) electrons. The van der Waals surface area contributed by atoms with Crippen molar-refractivity contribution in [2.45, 2.75) is 31.7 Å². The highest BCUT2D eigenvalue weighted by atomic mass is 16.5. The van der Waals surface area contributed by atoms with Gasteiger partial charge in [0.15, 0.2) is 0 Å². The predicted octanol–water partition coefficient (Wildman–Crippen LogP) is 3.16. The molecule has 0 bridgehead atoms. The quantitative estimate of drug-likeness (QED) is 0.933. The van der Waals surface area contributed by atoms with E-state index < -0.39 is 0 Å². The number of benzene rings is 1. The molecule has 0 saturated carbocycles. The molecule has 1 aromatic carbocycles. The lowest BCUT2D eigenvalue weighted by atomic mass is 10.0. The average Bonchev–Trinajstić information content (AvgIpc) is 2.92. The summed E-state index contributed by atoms with van der Waals surface area (Å²) in [6.07, 6.45) is 6.09. The Morgan fingerprint density at radius 2 is 2.20 bits per heavy atom. The van der Waals surface area contributed by atoms with Gasteiger partial charge in [-0.15, -0.1) is 0 Å². The van der Waals surface area contributed by atoms with E-state index in [0.717, 1.165) is 23.9 Å². The molecule has 3 rings (SSSR count). The van der Waals surface area contributed by atoms with Gasteiger partial charge in [-0.25, -0.2) is 4.79 Å². The van der Waals surface area contributed by atoms with Crippen molar-refractivity contribution in [2.75, 3.05) is 13.2 Å². The number of rotatable bonds is 3. The number of fused-ring (bicyclic) bond motifs is 1. The smallest absolute Gasteiger partial charge is 0.418 e. The first-order valence-corrected chi connectivity index (χ1v) is 7.31. The van der Waals surface area contributed by atoms with Crippen molar-refractivity contribution in [2.24, 2.45) is 0 Å². The Balaban J connectivity index is 1.56. The first-order chi connectivity index (χ1) is 9.84. The van der Waals surface area contributed by atoms with Gasteiger partial charge in [0.2, 0.25) is 0 Å². The van der Waals surface area contributed by atoms with Crippen LogP contribution in [0.15, 0.2) is 36.5 Å². The number of nitrogens with one attached hydrogen (secondary N) is 1. The Kier molecular flexibility index (Phi) is 4.02. The van der Waals surface area contributed by atoms with E-state index in [1.165, 1.54) is 19.3 Å². The van der Waals surface area contributed by atoms with Crippen LogP contribution >= 0.6 is 0 Å². The number of para-hydroxylation sites is 1. The van der Waals surface area contributed by atoms with Gasteiger partial charge in [-0.3, -0.25) is 4.57 Å². The van der Waals surface area contributed by atoms with Crippen molar-refractivity contribution >= 4 is 17.0 Å². The van der Waals surface area contributed by atoms with Crippen molar-refractivity contribution in [3.8, 4) is 0 Å². The highest BCUT2D eigenvalue weighted by Gasteiger charge is 2.14. The molecule has 0 amide bonds. The lowest BCUT2D eigenvalue weighted by molar-refractivity contribution is 0.141. The van der Waals surface area contributed by atoms with Gasteiger partial charge in [0.05, 0.1) is 12.1 Å². The van der Waals surface area contributed by atoms with E-state index in [1.54, 1.807) is 10.8 Å². The number of piperidine rings is 1. The predicted molar refractivity (Wildman–Crippen MR) is 78.9 cm³/mol. The summed E-state index contributed by atoms with van der Waals surface area (Å²) >= 11 is 0. The minimum atomic E-state index is -0.290. The summed E-state index contributed by atoms with van der Waals surface area (Å²) in [6, 6.07) is 10.2. The van der Waals surface area contributed by atoms with E-state index in [0.29, 0.717) is 12.6 Å². The molecule has 2 aromatic rings. The Bertz CT molecular complexity index is 585. The van der Waals surface area contributed by atoms with E-state index in [9.17, 15) is 4.79 Å². The third-order valence-corrected chi connectivity index (χ3v) is 3.90. The Morgan fingerprint density at radius 1 is 1.30 bits per heavy atom. The summed E-state index contributed by atoms with van der Waals surface area (Å²) in [5.41, 5.74) is 0.897. The normalized spacial score (nSPS) is 19.1. The second-order valence-corrected chi connectivity index (χ2v) is 5.29. The van der Waals surface area contributed by atoms with Crippen LogP contribution in [0.1, 0.15) is 25.7 Å². The molecule has 2 heterocycles. The molecular formula is C16H20N2O2. The third kappa shape index (κ3) is 2.85. The molecule has 1 unspecified atom stereocenters. The monoisotopic (exact) mass is 272 g/mol. The zero-order valence-corrected chi connectivity index (χ0v) is 11.5. The topological polar surface area (TPSA) is 43.3 Å². The minimum Gasteiger partial charge on any atom is -0.449 e. The van der Waals surface area contributed by atoms with Crippen molar-refractivity contribution < 1.29 is 9.53 Å². The van der Waals surface area contributed by atoms with Gasteiger partial charge in [0.1, 0.15) is 0 Å². The summed E-state index contributed by atoms with van der Waals surface area (Å²) in [4.78, 5) is 12.1. The molecule has 1 atom stereocenters. The van der Waals surface area contributed by atoms with Gasteiger partial charge in [0, 0.05) is 17.6 Å². The fourth-order valence-corrected chi connectivity index (χ4v) is 2.77. The molecule has 1 saturated heterocycles. The van der Waals surface area contributed by atoms with Crippen LogP contribution in [0.5, 0.6) is 0 Å². The summed E-state index contributed by atoms with van der Waals surface area (Å²) in [6.45, 7) is 1.56. The molecule has 4 heteroatoms. The first-order valence-electron chi connectivity index (χ1n) is 7.31. The Hall–Kier alpha value is -1.81. The number of nitrogens with zero attached hydrogens (tertiary/aromatic N) is 1. The van der Waals surface area contributed by atoms with Crippen molar-refractivity contribution in [1.82, 2.24) is 9.88 Å². The van der Waals surface area contributed by atoms with Gasteiger partial charge < -0.3 is 10.1 Å². The Labute approximate surface area is 118 Å². The van der Waals surface area contributed by atoms with Gasteiger partial charge in [0.25, 0.3) is 0 Å². The fraction of sp³-hybridized carbons (Fsp3) is 0.438. The summed E-state index contributed by atoms with van der Waals surface area (Å²) in [5.74, 6) is 0. The van der Waals surface area contributed by atoms with Gasteiger partial charge >= 0.3 is 6.09 Å².